The van der Waals surface area contributed by atoms with Crippen molar-refractivity contribution in [3.05, 3.63) is 0 Å². The highest BCUT2D eigenvalue weighted by Gasteiger charge is 2.37. The normalized spacial score (nSPS) is 16.4. The van der Waals surface area contributed by atoms with E-state index in [0.29, 0.717) is 6.42 Å². The summed E-state index contributed by atoms with van der Waals surface area (Å²) in [4.78, 5) is 27.7. The van der Waals surface area contributed by atoms with Crippen molar-refractivity contribution < 1.29 is 14.7 Å². The Morgan fingerprint density at radius 2 is 0.667 bits per heavy atom. The van der Waals surface area contributed by atoms with Gasteiger partial charge in [0.1, 0.15) is 0 Å². The lowest BCUT2D eigenvalue weighted by Gasteiger charge is -2.33. The summed E-state index contributed by atoms with van der Waals surface area (Å²) in [6, 6.07) is 0. The van der Waals surface area contributed by atoms with E-state index < -0.39 is 11.9 Å². The van der Waals surface area contributed by atoms with E-state index >= 15 is 0 Å². The van der Waals surface area contributed by atoms with Gasteiger partial charge in [0.15, 0.2) is 0 Å². The topological polar surface area (TPSA) is 57.6 Å². The molecule has 4 heteroatoms. The van der Waals surface area contributed by atoms with E-state index in [1.807, 2.05) is 0 Å². The van der Waals surface area contributed by atoms with E-state index in [1.54, 1.807) is 0 Å². The highest BCUT2D eigenvalue weighted by atomic mass is 16.4. The van der Waals surface area contributed by atoms with Gasteiger partial charge in [-0.1, -0.05) is 219 Å². The first-order valence-electron chi connectivity index (χ1n) is 22.1. The molecule has 2 atom stereocenters. The standard InChI is InChI=1S/C44H85NO3/c1-3-5-7-9-11-13-15-17-19-21-23-25-27-29-31-35-39-45(43(46)41-37-33-34-38-42(41)44(47)48)40-36-32-30-28-26-24-22-20-18-16-14-12-10-8-6-4-2/h41-42H,3-40H2,1-2H3,(H,47,48). The lowest BCUT2D eigenvalue weighted by molar-refractivity contribution is -0.152. The van der Waals surface area contributed by atoms with Crippen LogP contribution in [0.3, 0.4) is 0 Å². The highest BCUT2D eigenvalue weighted by Crippen LogP contribution is 2.32. The lowest BCUT2D eigenvalue weighted by atomic mass is 9.78. The summed E-state index contributed by atoms with van der Waals surface area (Å²) in [5, 5.41) is 9.82. The van der Waals surface area contributed by atoms with Crippen LogP contribution in [0.4, 0.5) is 0 Å². The van der Waals surface area contributed by atoms with E-state index in [-0.39, 0.29) is 11.8 Å². The fourth-order valence-corrected chi connectivity index (χ4v) is 7.99. The molecule has 1 aliphatic carbocycles. The molecule has 0 heterocycles. The highest BCUT2D eigenvalue weighted by molar-refractivity contribution is 5.85. The predicted octanol–water partition coefficient (Wildman–Crippen LogP) is 14.2. The first-order chi connectivity index (χ1) is 23.6. The molecule has 1 N–H and O–H groups in total. The van der Waals surface area contributed by atoms with Crippen molar-refractivity contribution in [3.63, 3.8) is 0 Å². The molecule has 48 heavy (non-hydrogen) atoms. The van der Waals surface area contributed by atoms with Crippen molar-refractivity contribution in [2.75, 3.05) is 13.1 Å². The largest absolute Gasteiger partial charge is 0.481 e. The average molecular weight is 676 g/mol. The molecule has 4 nitrogen and oxygen atoms in total. The van der Waals surface area contributed by atoms with Crippen LogP contribution in [0.5, 0.6) is 0 Å². The molecule has 0 aromatic rings. The Labute approximate surface area is 300 Å². The molecule has 1 rings (SSSR count). The molecular weight excluding hydrogens is 590 g/mol. The van der Waals surface area contributed by atoms with Crippen LogP contribution in [0.15, 0.2) is 0 Å². The second kappa shape index (κ2) is 34.4. The van der Waals surface area contributed by atoms with Crippen LogP contribution in [0.1, 0.15) is 245 Å². The summed E-state index contributed by atoms with van der Waals surface area (Å²) < 4.78 is 0. The molecule has 0 bridgehead atoms. The molecule has 1 amide bonds. The van der Waals surface area contributed by atoms with Crippen LogP contribution in [0.2, 0.25) is 0 Å². The zero-order chi connectivity index (χ0) is 34.8. The van der Waals surface area contributed by atoms with Crippen molar-refractivity contribution in [1.82, 2.24) is 4.90 Å². The van der Waals surface area contributed by atoms with Crippen molar-refractivity contribution in [1.29, 1.82) is 0 Å². The summed E-state index contributed by atoms with van der Waals surface area (Å²) in [6.07, 6.45) is 46.7. The van der Waals surface area contributed by atoms with E-state index in [2.05, 4.69) is 18.7 Å². The Bertz CT molecular complexity index is 673. The molecule has 0 aliphatic heterocycles. The SMILES string of the molecule is CCCCCCCCCCCCCCCCCCN(CCCCCCCCCCCCCCCCCC)C(=O)C1CCCCC1C(=O)O. The molecule has 1 saturated carbocycles. The van der Waals surface area contributed by atoms with Gasteiger partial charge in [0.2, 0.25) is 5.91 Å². The summed E-state index contributed by atoms with van der Waals surface area (Å²) in [5.74, 6) is -1.41. The van der Waals surface area contributed by atoms with Crippen LogP contribution < -0.4 is 0 Å². The first kappa shape index (κ1) is 45.0. The zero-order valence-corrected chi connectivity index (χ0v) is 32.7. The molecule has 0 aromatic heterocycles. The van der Waals surface area contributed by atoms with Gasteiger partial charge in [-0.05, 0) is 25.7 Å². The zero-order valence-electron chi connectivity index (χ0n) is 32.7. The maximum atomic E-state index is 13.7. The number of hydrogen-bond donors (Lipinski definition) is 1. The van der Waals surface area contributed by atoms with E-state index in [0.717, 1.165) is 45.2 Å². The number of carboxylic acid groups (broad SMARTS) is 1. The quantitative estimate of drug-likeness (QED) is 0.0672. The van der Waals surface area contributed by atoms with Crippen molar-refractivity contribution in [3.8, 4) is 0 Å². The van der Waals surface area contributed by atoms with Crippen LogP contribution in [0, 0.1) is 11.8 Å². The monoisotopic (exact) mass is 676 g/mol. The van der Waals surface area contributed by atoms with Crippen LogP contribution >= 0.6 is 0 Å². The Morgan fingerprint density at radius 1 is 0.417 bits per heavy atom. The van der Waals surface area contributed by atoms with E-state index in [4.69, 9.17) is 0 Å². The number of aliphatic carboxylic acids is 1. The number of rotatable bonds is 36. The number of amides is 1. The summed E-state index contributed by atoms with van der Waals surface area (Å²) >= 11 is 0. The summed E-state index contributed by atoms with van der Waals surface area (Å²) in [6.45, 7) is 6.21. The number of hydrogen-bond acceptors (Lipinski definition) is 2. The van der Waals surface area contributed by atoms with Crippen LogP contribution in [-0.4, -0.2) is 35.0 Å². The molecular formula is C44H85NO3. The van der Waals surface area contributed by atoms with E-state index in [9.17, 15) is 14.7 Å². The van der Waals surface area contributed by atoms with Crippen molar-refractivity contribution >= 4 is 11.9 Å². The molecule has 0 spiro atoms. The predicted molar refractivity (Wildman–Crippen MR) is 209 cm³/mol. The van der Waals surface area contributed by atoms with Gasteiger partial charge in [-0.2, -0.15) is 0 Å². The third-order valence-corrected chi connectivity index (χ3v) is 11.3. The Morgan fingerprint density at radius 3 is 0.938 bits per heavy atom. The number of unbranched alkanes of at least 4 members (excludes halogenated alkanes) is 30. The Hall–Kier alpha value is -1.06. The van der Waals surface area contributed by atoms with Gasteiger partial charge in [0.25, 0.3) is 0 Å². The van der Waals surface area contributed by atoms with Gasteiger partial charge >= 0.3 is 5.97 Å². The van der Waals surface area contributed by atoms with Gasteiger partial charge in [0.05, 0.1) is 11.8 Å². The summed E-state index contributed by atoms with van der Waals surface area (Å²) in [7, 11) is 0. The number of nitrogens with zero attached hydrogens (tertiary/aromatic N) is 1. The fourth-order valence-electron chi connectivity index (χ4n) is 7.99. The molecule has 2 unspecified atom stereocenters. The van der Waals surface area contributed by atoms with Gasteiger partial charge in [-0.25, -0.2) is 0 Å². The van der Waals surface area contributed by atoms with Gasteiger partial charge in [-0.15, -0.1) is 0 Å². The van der Waals surface area contributed by atoms with E-state index in [1.165, 1.54) is 193 Å². The maximum Gasteiger partial charge on any atom is 0.307 e. The van der Waals surface area contributed by atoms with Gasteiger partial charge < -0.3 is 10.0 Å². The van der Waals surface area contributed by atoms with Gasteiger partial charge in [0, 0.05) is 13.1 Å². The molecule has 0 radical (unpaired) electrons. The maximum absolute atomic E-state index is 13.7. The lowest BCUT2D eigenvalue weighted by Crippen LogP contribution is -2.43. The minimum atomic E-state index is -0.766. The fraction of sp³-hybridized carbons (Fsp3) is 0.955. The van der Waals surface area contributed by atoms with Crippen LogP contribution in [-0.2, 0) is 9.59 Å². The Kier molecular flexibility index (Phi) is 32.2. The number of carbonyl (C=O) groups is 2. The van der Waals surface area contributed by atoms with Crippen molar-refractivity contribution in [2.45, 2.75) is 245 Å². The molecule has 0 aromatic carbocycles. The second-order valence-electron chi connectivity index (χ2n) is 15.8. The molecule has 284 valence electrons. The summed E-state index contributed by atoms with van der Waals surface area (Å²) in [5.41, 5.74) is 0. The third-order valence-electron chi connectivity index (χ3n) is 11.3. The first-order valence-corrected chi connectivity index (χ1v) is 22.1. The smallest absolute Gasteiger partial charge is 0.307 e. The molecule has 1 fully saturated rings. The molecule has 0 saturated heterocycles. The number of carbonyl (C=O) groups excluding carboxylic acids is 1. The third kappa shape index (κ3) is 25.8. The van der Waals surface area contributed by atoms with Crippen molar-refractivity contribution in [2.24, 2.45) is 11.8 Å². The molecule has 1 aliphatic rings. The number of carboxylic acids is 1. The minimum absolute atomic E-state index is 0.143. The van der Waals surface area contributed by atoms with Gasteiger partial charge in [-0.3, -0.25) is 9.59 Å². The minimum Gasteiger partial charge on any atom is -0.481 e. The second-order valence-corrected chi connectivity index (χ2v) is 15.8. The Balaban J connectivity index is 2.18. The average Bonchev–Trinajstić information content (AvgIpc) is 3.10. The van der Waals surface area contributed by atoms with Crippen LogP contribution in [0.25, 0.3) is 0 Å².